The minimum atomic E-state index is -0.975. The van der Waals surface area contributed by atoms with E-state index in [-0.39, 0.29) is 30.8 Å². The van der Waals surface area contributed by atoms with Gasteiger partial charge in [-0.2, -0.15) is 0 Å². The molecule has 1 aliphatic rings. The molecule has 5 nitrogen and oxygen atoms in total. The third kappa shape index (κ3) is 2.47. The van der Waals surface area contributed by atoms with E-state index in [0.717, 1.165) is 0 Å². The largest absolute Gasteiger partial charge is 0.480 e. The summed E-state index contributed by atoms with van der Waals surface area (Å²) in [5.74, 6) is -1.38. The van der Waals surface area contributed by atoms with Gasteiger partial charge in [0.05, 0.1) is 0 Å². The first-order valence-corrected chi connectivity index (χ1v) is 5.10. The van der Waals surface area contributed by atoms with Gasteiger partial charge < -0.3 is 15.1 Å². The zero-order valence-corrected chi connectivity index (χ0v) is 9.01. The number of carboxylic acid groups (broad SMARTS) is 1. The highest BCUT2D eigenvalue weighted by Gasteiger charge is 2.38. The van der Waals surface area contributed by atoms with E-state index in [9.17, 15) is 9.59 Å². The second kappa shape index (κ2) is 4.61. The van der Waals surface area contributed by atoms with Gasteiger partial charge in [0.25, 0.3) is 0 Å². The molecule has 0 aromatic rings. The number of carbonyl (C=O) groups is 2. The fourth-order valence-electron chi connectivity index (χ4n) is 1.98. The van der Waals surface area contributed by atoms with Gasteiger partial charge in [0.15, 0.2) is 0 Å². The van der Waals surface area contributed by atoms with Crippen LogP contribution in [0.25, 0.3) is 0 Å². The fourth-order valence-corrected chi connectivity index (χ4v) is 1.98. The van der Waals surface area contributed by atoms with Crippen molar-refractivity contribution >= 4 is 11.9 Å². The summed E-state index contributed by atoms with van der Waals surface area (Å²) in [7, 11) is 0. The molecule has 1 aliphatic heterocycles. The molecule has 1 fully saturated rings. The van der Waals surface area contributed by atoms with Crippen LogP contribution in [0.4, 0.5) is 0 Å². The number of aliphatic hydroxyl groups is 1. The van der Waals surface area contributed by atoms with Crippen LogP contribution in [-0.2, 0) is 9.59 Å². The number of aliphatic hydroxyl groups excluding tert-OH is 1. The van der Waals surface area contributed by atoms with Crippen LogP contribution < -0.4 is 0 Å². The maximum Gasteiger partial charge on any atom is 0.326 e. The molecular formula is C10H17NO4. The Morgan fingerprint density at radius 1 is 1.60 bits per heavy atom. The lowest BCUT2D eigenvalue weighted by atomic mass is 10.0. The van der Waals surface area contributed by atoms with Crippen LogP contribution in [-0.4, -0.2) is 46.2 Å². The Kier molecular flexibility index (Phi) is 3.68. The lowest BCUT2D eigenvalue weighted by molar-refractivity contribution is -0.150. The van der Waals surface area contributed by atoms with Gasteiger partial charge in [0.1, 0.15) is 6.04 Å². The molecule has 0 radical (unpaired) electrons. The molecule has 0 aliphatic carbocycles. The lowest BCUT2D eigenvalue weighted by Gasteiger charge is -2.27. The molecule has 0 spiro atoms. The molecule has 0 saturated carbocycles. The third-order valence-electron chi connectivity index (χ3n) is 2.72. The number of hydrogen-bond acceptors (Lipinski definition) is 3. The summed E-state index contributed by atoms with van der Waals surface area (Å²) in [5.41, 5.74) is 0. The quantitative estimate of drug-likeness (QED) is 0.688. The van der Waals surface area contributed by atoms with Gasteiger partial charge in [-0.25, -0.2) is 4.79 Å². The van der Waals surface area contributed by atoms with Crippen LogP contribution in [0.3, 0.4) is 0 Å². The van der Waals surface area contributed by atoms with Gasteiger partial charge in [-0.3, -0.25) is 4.79 Å². The predicted octanol–water partition coefficient (Wildman–Crippen LogP) is -0.0636. The van der Waals surface area contributed by atoms with Crippen LogP contribution in [0.1, 0.15) is 20.3 Å². The maximum atomic E-state index is 11.5. The van der Waals surface area contributed by atoms with Crippen LogP contribution in [0.15, 0.2) is 0 Å². The highest BCUT2D eigenvalue weighted by Crippen LogP contribution is 2.23. The van der Waals surface area contributed by atoms with Crippen molar-refractivity contribution in [3.8, 4) is 0 Å². The Labute approximate surface area is 88.7 Å². The molecule has 5 heteroatoms. The second-order valence-corrected chi connectivity index (χ2v) is 4.33. The highest BCUT2D eigenvalue weighted by atomic mass is 16.4. The summed E-state index contributed by atoms with van der Waals surface area (Å²) < 4.78 is 0. The summed E-state index contributed by atoms with van der Waals surface area (Å²) in [6.07, 6.45) is 0.257. The molecule has 0 bridgehead atoms. The molecule has 1 amide bonds. The first kappa shape index (κ1) is 12.0. The normalized spacial score (nSPS) is 23.6. The lowest BCUT2D eigenvalue weighted by Crippen LogP contribution is -2.45. The van der Waals surface area contributed by atoms with Crippen LogP contribution >= 0.6 is 0 Å². The highest BCUT2D eigenvalue weighted by molar-refractivity contribution is 5.85. The van der Waals surface area contributed by atoms with E-state index in [0.29, 0.717) is 6.54 Å². The summed E-state index contributed by atoms with van der Waals surface area (Å²) in [6, 6.07) is -0.769. The number of likely N-dealkylation sites (tertiary alicyclic amines) is 1. The van der Waals surface area contributed by atoms with Crippen molar-refractivity contribution in [2.45, 2.75) is 26.3 Å². The van der Waals surface area contributed by atoms with Crippen molar-refractivity contribution < 1.29 is 19.8 Å². The van der Waals surface area contributed by atoms with Crippen LogP contribution in [0.2, 0.25) is 0 Å². The van der Waals surface area contributed by atoms with Gasteiger partial charge in [-0.05, 0) is 5.92 Å². The number of hydrogen-bond donors (Lipinski definition) is 2. The zero-order valence-electron chi connectivity index (χ0n) is 9.01. The SMILES string of the molecule is CC(C)C(C(=O)O)N1CC(CO)CC1=O. The molecule has 2 atom stereocenters. The van der Waals surface area contributed by atoms with Gasteiger partial charge in [0, 0.05) is 25.5 Å². The topological polar surface area (TPSA) is 77.8 Å². The molecular weight excluding hydrogens is 198 g/mol. The average molecular weight is 215 g/mol. The smallest absolute Gasteiger partial charge is 0.326 e. The summed E-state index contributed by atoms with van der Waals surface area (Å²) in [6.45, 7) is 3.84. The summed E-state index contributed by atoms with van der Waals surface area (Å²) >= 11 is 0. The molecule has 2 N–H and O–H groups in total. The van der Waals surface area contributed by atoms with Crippen molar-refractivity contribution in [3.05, 3.63) is 0 Å². The molecule has 1 rings (SSSR count). The van der Waals surface area contributed by atoms with Crippen molar-refractivity contribution in [2.24, 2.45) is 11.8 Å². The van der Waals surface area contributed by atoms with Gasteiger partial charge >= 0.3 is 5.97 Å². The molecule has 0 aromatic carbocycles. The third-order valence-corrected chi connectivity index (χ3v) is 2.72. The van der Waals surface area contributed by atoms with E-state index in [1.165, 1.54) is 4.90 Å². The fraction of sp³-hybridized carbons (Fsp3) is 0.800. The Bertz CT molecular complexity index is 264. The van der Waals surface area contributed by atoms with Gasteiger partial charge in [0.2, 0.25) is 5.91 Å². The molecule has 1 saturated heterocycles. The number of aliphatic carboxylic acids is 1. The monoisotopic (exact) mass is 215 g/mol. The number of rotatable bonds is 4. The van der Waals surface area contributed by atoms with E-state index in [2.05, 4.69) is 0 Å². The van der Waals surface area contributed by atoms with Crippen LogP contribution in [0.5, 0.6) is 0 Å². The van der Waals surface area contributed by atoms with Gasteiger partial charge in [-0.1, -0.05) is 13.8 Å². The van der Waals surface area contributed by atoms with Crippen molar-refractivity contribution in [3.63, 3.8) is 0 Å². The molecule has 86 valence electrons. The predicted molar refractivity (Wildman–Crippen MR) is 53.2 cm³/mol. The average Bonchev–Trinajstić information content (AvgIpc) is 2.46. The summed E-state index contributed by atoms with van der Waals surface area (Å²) in [4.78, 5) is 23.9. The Morgan fingerprint density at radius 2 is 2.20 bits per heavy atom. The first-order chi connectivity index (χ1) is 6.97. The Balaban J connectivity index is 2.77. The van der Waals surface area contributed by atoms with Crippen molar-refractivity contribution in [2.75, 3.05) is 13.2 Å². The first-order valence-electron chi connectivity index (χ1n) is 5.10. The van der Waals surface area contributed by atoms with E-state index < -0.39 is 12.0 Å². The minimum absolute atomic E-state index is 0.0628. The Hall–Kier alpha value is -1.10. The van der Waals surface area contributed by atoms with E-state index in [1.54, 1.807) is 13.8 Å². The number of carboxylic acids is 1. The van der Waals surface area contributed by atoms with E-state index >= 15 is 0 Å². The second-order valence-electron chi connectivity index (χ2n) is 4.33. The van der Waals surface area contributed by atoms with Crippen LogP contribution in [0, 0.1) is 11.8 Å². The number of amides is 1. The van der Waals surface area contributed by atoms with E-state index in [1.807, 2.05) is 0 Å². The molecule has 15 heavy (non-hydrogen) atoms. The Morgan fingerprint density at radius 3 is 2.53 bits per heavy atom. The number of nitrogens with zero attached hydrogens (tertiary/aromatic N) is 1. The molecule has 2 unspecified atom stereocenters. The van der Waals surface area contributed by atoms with Gasteiger partial charge in [-0.15, -0.1) is 0 Å². The zero-order chi connectivity index (χ0) is 11.6. The number of carbonyl (C=O) groups excluding carboxylic acids is 1. The molecule has 0 aromatic heterocycles. The maximum absolute atomic E-state index is 11.5. The van der Waals surface area contributed by atoms with Crippen molar-refractivity contribution in [1.82, 2.24) is 4.90 Å². The van der Waals surface area contributed by atoms with Crippen molar-refractivity contribution in [1.29, 1.82) is 0 Å². The summed E-state index contributed by atoms with van der Waals surface area (Å²) in [5, 5.41) is 18.0. The van der Waals surface area contributed by atoms with E-state index in [4.69, 9.17) is 10.2 Å². The standard InChI is InChI=1S/C10H17NO4/c1-6(2)9(10(14)15)11-4-7(5-12)3-8(11)13/h6-7,9,12H,3-5H2,1-2H3,(H,14,15). The minimum Gasteiger partial charge on any atom is -0.480 e. The molecule has 1 heterocycles.